The summed E-state index contributed by atoms with van der Waals surface area (Å²) < 4.78 is 26.6. The van der Waals surface area contributed by atoms with E-state index < -0.39 is 10.0 Å². The third-order valence-corrected chi connectivity index (χ3v) is 5.25. The van der Waals surface area contributed by atoms with E-state index in [1.807, 2.05) is 6.92 Å². The van der Waals surface area contributed by atoms with Gasteiger partial charge < -0.3 is 10.2 Å². The van der Waals surface area contributed by atoms with Crippen molar-refractivity contribution < 1.29 is 8.42 Å². The Hall–Kier alpha value is -0.170. The average Bonchev–Trinajstić information content (AvgIpc) is 3.13. The first-order valence-electron chi connectivity index (χ1n) is 7.51. The second-order valence-corrected chi connectivity index (χ2v) is 7.80. The van der Waals surface area contributed by atoms with E-state index in [2.05, 4.69) is 14.9 Å². The van der Waals surface area contributed by atoms with Gasteiger partial charge in [0.1, 0.15) is 0 Å². The molecule has 0 amide bonds. The van der Waals surface area contributed by atoms with E-state index in [9.17, 15) is 8.42 Å². The van der Waals surface area contributed by atoms with Gasteiger partial charge in [0.2, 0.25) is 10.0 Å². The SMILES string of the molecule is CC(CN1CCCCC1)NS(=O)(=O)CCNC1CC1. The van der Waals surface area contributed by atoms with Crippen molar-refractivity contribution in [1.29, 1.82) is 0 Å². The molecule has 1 atom stereocenters. The van der Waals surface area contributed by atoms with Crippen molar-refractivity contribution in [2.75, 3.05) is 31.9 Å². The molecule has 2 aliphatic rings. The molecule has 1 aliphatic heterocycles. The number of nitrogens with zero attached hydrogens (tertiary/aromatic N) is 1. The topological polar surface area (TPSA) is 61.4 Å². The molecule has 1 aliphatic carbocycles. The number of hydrogen-bond acceptors (Lipinski definition) is 4. The number of piperidine rings is 1. The fourth-order valence-electron chi connectivity index (χ4n) is 2.62. The molecule has 2 N–H and O–H groups in total. The highest BCUT2D eigenvalue weighted by Crippen LogP contribution is 2.18. The summed E-state index contributed by atoms with van der Waals surface area (Å²) in [5.74, 6) is 0.188. The summed E-state index contributed by atoms with van der Waals surface area (Å²) in [7, 11) is -3.14. The van der Waals surface area contributed by atoms with Crippen LogP contribution in [-0.2, 0) is 10.0 Å². The highest BCUT2D eigenvalue weighted by molar-refractivity contribution is 7.89. The molecule has 0 radical (unpaired) electrons. The van der Waals surface area contributed by atoms with Crippen LogP contribution in [-0.4, -0.2) is 57.3 Å². The smallest absolute Gasteiger partial charge is 0.213 e. The van der Waals surface area contributed by atoms with Gasteiger partial charge in [-0.1, -0.05) is 6.42 Å². The normalized spacial score (nSPS) is 23.4. The van der Waals surface area contributed by atoms with Gasteiger partial charge >= 0.3 is 0 Å². The average molecular weight is 289 g/mol. The van der Waals surface area contributed by atoms with Crippen molar-refractivity contribution in [1.82, 2.24) is 14.9 Å². The number of hydrogen-bond donors (Lipinski definition) is 2. The molecular weight excluding hydrogens is 262 g/mol. The Morgan fingerprint density at radius 2 is 1.89 bits per heavy atom. The van der Waals surface area contributed by atoms with Crippen LogP contribution in [0.2, 0.25) is 0 Å². The van der Waals surface area contributed by atoms with Crippen LogP contribution in [0.4, 0.5) is 0 Å². The maximum Gasteiger partial charge on any atom is 0.213 e. The Labute approximate surface area is 117 Å². The first kappa shape index (κ1) is 15.2. The number of likely N-dealkylation sites (tertiary alicyclic amines) is 1. The molecular formula is C13H27N3O2S. The molecule has 1 unspecified atom stereocenters. The Bertz CT molecular complexity index is 362. The molecule has 112 valence electrons. The molecule has 0 aromatic heterocycles. The van der Waals surface area contributed by atoms with Crippen LogP contribution < -0.4 is 10.0 Å². The van der Waals surface area contributed by atoms with Crippen LogP contribution in [0, 0.1) is 0 Å². The molecule has 0 aromatic rings. The van der Waals surface area contributed by atoms with E-state index in [0.717, 1.165) is 19.6 Å². The van der Waals surface area contributed by atoms with Gasteiger partial charge in [0.05, 0.1) is 5.75 Å². The Kier molecular flexibility index (Phi) is 5.62. The summed E-state index contributed by atoms with van der Waals surface area (Å²) in [5.41, 5.74) is 0. The van der Waals surface area contributed by atoms with Gasteiger partial charge in [0.15, 0.2) is 0 Å². The van der Waals surface area contributed by atoms with E-state index >= 15 is 0 Å². The molecule has 0 aromatic carbocycles. The van der Waals surface area contributed by atoms with Gasteiger partial charge in [-0.25, -0.2) is 13.1 Å². The molecule has 1 saturated heterocycles. The van der Waals surface area contributed by atoms with Crippen molar-refractivity contribution >= 4 is 10.0 Å². The quantitative estimate of drug-likeness (QED) is 0.684. The monoisotopic (exact) mass is 289 g/mol. The van der Waals surface area contributed by atoms with Gasteiger partial charge in [0.25, 0.3) is 0 Å². The number of sulfonamides is 1. The third kappa shape index (κ3) is 6.21. The zero-order chi connectivity index (χ0) is 13.7. The van der Waals surface area contributed by atoms with Crippen LogP contribution in [0.1, 0.15) is 39.0 Å². The standard InChI is InChI=1S/C13H27N3O2S/c1-12(11-16-8-3-2-4-9-16)15-19(17,18)10-7-14-13-5-6-13/h12-15H,2-11H2,1H3. The second kappa shape index (κ2) is 7.02. The van der Waals surface area contributed by atoms with Gasteiger partial charge in [0, 0.05) is 25.2 Å². The van der Waals surface area contributed by atoms with E-state index in [4.69, 9.17) is 0 Å². The molecule has 2 rings (SSSR count). The summed E-state index contributed by atoms with van der Waals surface area (Å²) in [6, 6.07) is 0.574. The van der Waals surface area contributed by atoms with Gasteiger partial charge in [-0.15, -0.1) is 0 Å². The van der Waals surface area contributed by atoms with Gasteiger partial charge in [-0.2, -0.15) is 0 Å². The second-order valence-electron chi connectivity index (χ2n) is 5.93. The fraction of sp³-hybridized carbons (Fsp3) is 1.00. The van der Waals surface area contributed by atoms with Crippen LogP contribution in [0.5, 0.6) is 0 Å². The van der Waals surface area contributed by atoms with E-state index in [1.165, 1.54) is 32.1 Å². The molecule has 0 bridgehead atoms. The van der Waals surface area contributed by atoms with Crippen molar-refractivity contribution in [3.05, 3.63) is 0 Å². The molecule has 19 heavy (non-hydrogen) atoms. The third-order valence-electron chi connectivity index (χ3n) is 3.74. The maximum absolute atomic E-state index is 11.9. The lowest BCUT2D eigenvalue weighted by Crippen LogP contribution is -2.45. The van der Waals surface area contributed by atoms with Crippen molar-refractivity contribution in [3.8, 4) is 0 Å². The summed E-state index contributed by atoms with van der Waals surface area (Å²) in [5, 5.41) is 3.24. The van der Waals surface area contributed by atoms with Crippen LogP contribution >= 0.6 is 0 Å². The Morgan fingerprint density at radius 3 is 2.53 bits per heavy atom. The highest BCUT2D eigenvalue weighted by atomic mass is 32.2. The fourth-order valence-corrected chi connectivity index (χ4v) is 3.81. The minimum atomic E-state index is -3.14. The summed E-state index contributed by atoms with van der Waals surface area (Å²) in [6.07, 6.45) is 6.18. The van der Waals surface area contributed by atoms with Crippen LogP contribution in [0.25, 0.3) is 0 Å². The maximum atomic E-state index is 11.9. The van der Waals surface area contributed by atoms with Crippen molar-refractivity contribution in [2.45, 2.75) is 51.1 Å². The summed E-state index contributed by atoms with van der Waals surface area (Å²) in [4.78, 5) is 2.36. The van der Waals surface area contributed by atoms with E-state index in [0.29, 0.717) is 12.6 Å². The lowest BCUT2D eigenvalue weighted by atomic mass is 10.1. The molecule has 1 saturated carbocycles. The number of rotatable bonds is 8. The summed E-state index contributed by atoms with van der Waals surface area (Å²) >= 11 is 0. The first-order valence-corrected chi connectivity index (χ1v) is 9.16. The Balaban J connectivity index is 1.65. The van der Waals surface area contributed by atoms with Gasteiger partial charge in [-0.05, 0) is 45.7 Å². The lowest BCUT2D eigenvalue weighted by molar-refractivity contribution is 0.215. The molecule has 2 fully saturated rings. The first-order chi connectivity index (χ1) is 9.05. The van der Waals surface area contributed by atoms with Crippen LogP contribution in [0.3, 0.4) is 0 Å². The summed E-state index contributed by atoms with van der Waals surface area (Å²) in [6.45, 7) is 5.57. The van der Waals surface area contributed by atoms with Crippen LogP contribution in [0.15, 0.2) is 0 Å². The number of nitrogens with one attached hydrogen (secondary N) is 2. The van der Waals surface area contributed by atoms with Crippen molar-refractivity contribution in [3.63, 3.8) is 0 Å². The predicted octanol–water partition coefficient (Wildman–Crippen LogP) is 0.532. The van der Waals surface area contributed by atoms with Gasteiger partial charge in [-0.3, -0.25) is 0 Å². The lowest BCUT2D eigenvalue weighted by Gasteiger charge is -2.29. The molecule has 1 heterocycles. The van der Waals surface area contributed by atoms with E-state index in [1.54, 1.807) is 0 Å². The highest BCUT2D eigenvalue weighted by Gasteiger charge is 2.22. The largest absolute Gasteiger partial charge is 0.313 e. The molecule has 5 nitrogen and oxygen atoms in total. The Morgan fingerprint density at radius 1 is 1.21 bits per heavy atom. The minimum Gasteiger partial charge on any atom is -0.313 e. The zero-order valence-electron chi connectivity index (χ0n) is 11.9. The zero-order valence-corrected chi connectivity index (χ0v) is 12.7. The molecule has 6 heteroatoms. The predicted molar refractivity (Wildman–Crippen MR) is 77.7 cm³/mol. The van der Waals surface area contributed by atoms with Crippen molar-refractivity contribution in [2.24, 2.45) is 0 Å². The molecule has 0 spiro atoms. The minimum absolute atomic E-state index is 0.00373. The van der Waals surface area contributed by atoms with E-state index in [-0.39, 0.29) is 11.8 Å².